The topological polar surface area (TPSA) is 26.0 Å². The number of rotatable bonds is 2. The molecule has 0 aliphatic carbocycles. The third kappa shape index (κ3) is 1.94. The van der Waals surface area contributed by atoms with Crippen LogP contribution in [-0.2, 0) is 0 Å². The van der Waals surface area contributed by atoms with Crippen molar-refractivity contribution in [2.24, 2.45) is 0 Å². The molecular weight excluding hydrogens is 334 g/mol. The third-order valence-corrected chi connectivity index (χ3v) is 9.11. The normalized spacial score (nSPS) is 15.1. The number of benzene rings is 4. The molecule has 4 aromatic carbocycles. The van der Waals surface area contributed by atoms with E-state index in [1.807, 2.05) is 12.1 Å². The van der Waals surface area contributed by atoms with Crippen LogP contribution in [-0.4, -0.2) is 0 Å². The molecule has 0 bridgehead atoms. The first-order chi connectivity index (χ1) is 12.8. The summed E-state index contributed by atoms with van der Waals surface area (Å²) in [5.74, 6) is 0. The van der Waals surface area contributed by atoms with Gasteiger partial charge in [-0.25, -0.2) is 0 Å². The Balaban J connectivity index is 2.00. The van der Waals surface area contributed by atoms with E-state index in [4.69, 9.17) is 5.73 Å². The first-order valence-corrected chi connectivity index (χ1v) is 10.4. The number of hydrogen-bond acceptors (Lipinski definition) is 1. The highest BCUT2D eigenvalue weighted by Crippen LogP contribution is 2.80. The number of anilines is 1. The van der Waals surface area contributed by atoms with Gasteiger partial charge in [0, 0.05) is 25.3 Å². The minimum atomic E-state index is -1.59. The Morgan fingerprint density at radius 1 is 0.462 bits per heavy atom. The van der Waals surface area contributed by atoms with Crippen molar-refractivity contribution in [2.45, 2.75) is 19.6 Å². The largest absolute Gasteiger partial charge is 0.398 e. The smallest absolute Gasteiger partial charge is 0.0446 e. The Morgan fingerprint density at radius 2 is 0.923 bits per heavy atom. The van der Waals surface area contributed by atoms with Gasteiger partial charge in [-0.05, 0) is 47.5 Å². The molecule has 0 radical (unpaired) electrons. The minimum absolute atomic E-state index is 0.859. The number of para-hydroxylation sites is 1. The number of fused-ring (bicyclic) bond motifs is 3. The molecule has 1 nitrogen and oxygen atoms in total. The summed E-state index contributed by atoms with van der Waals surface area (Å²) in [6, 6.07) is 36.8. The molecule has 0 amide bonds. The molecule has 26 heavy (non-hydrogen) atoms. The van der Waals surface area contributed by atoms with Gasteiger partial charge in [-0.2, -0.15) is 0 Å². The maximum Gasteiger partial charge on any atom is 0.0446 e. The summed E-state index contributed by atoms with van der Waals surface area (Å²) >= 11 is 0. The van der Waals surface area contributed by atoms with E-state index in [0.29, 0.717) is 0 Å². The molecule has 0 unspecified atom stereocenters. The summed E-state index contributed by atoms with van der Waals surface area (Å²) in [6.45, 7) is 0. The van der Waals surface area contributed by atoms with Crippen LogP contribution in [0.5, 0.6) is 0 Å². The summed E-state index contributed by atoms with van der Waals surface area (Å²) in [6.07, 6.45) is 0. The standard InChI is InChI=1S/C24H19NS/c25-21-14-6-9-17-24(21)26(18-10-2-1-3-11-18)22-15-7-4-12-19(22)20-13-5-8-16-23(20)26/h1-17H,25H2. The van der Waals surface area contributed by atoms with Gasteiger partial charge < -0.3 is 5.73 Å². The quantitative estimate of drug-likeness (QED) is 0.356. The summed E-state index contributed by atoms with van der Waals surface area (Å²) in [5.41, 5.74) is 10.1. The predicted octanol–water partition coefficient (Wildman–Crippen LogP) is 6.59. The molecule has 1 aliphatic rings. The SMILES string of the molecule is Nc1ccccc1S1(c2ccccc2)c2ccccc2-c2ccccc21. The van der Waals surface area contributed by atoms with Gasteiger partial charge in [0.1, 0.15) is 0 Å². The Labute approximate surface area is 155 Å². The van der Waals surface area contributed by atoms with Gasteiger partial charge in [-0.15, -0.1) is 10.0 Å². The van der Waals surface area contributed by atoms with Gasteiger partial charge in [-0.3, -0.25) is 0 Å². The van der Waals surface area contributed by atoms with Crippen LogP contribution in [0.25, 0.3) is 11.1 Å². The second-order valence-electron chi connectivity index (χ2n) is 6.46. The van der Waals surface area contributed by atoms with Gasteiger partial charge in [0.2, 0.25) is 0 Å². The lowest BCUT2D eigenvalue weighted by Crippen LogP contribution is -2.04. The second kappa shape index (κ2) is 5.79. The van der Waals surface area contributed by atoms with Crippen molar-refractivity contribution < 1.29 is 0 Å². The van der Waals surface area contributed by atoms with Crippen molar-refractivity contribution >= 4 is 15.7 Å². The Bertz CT molecular complexity index is 1060. The molecule has 0 fully saturated rings. The fourth-order valence-electron chi connectivity index (χ4n) is 4.03. The van der Waals surface area contributed by atoms with E-state index in [2.05, 4.69) is 91.0 Å². The van der Waals surface area contributed by atoms with Crippen molar-refractivity contribution in [1.29, 1.82) is 0 Å². The molecule has 5 rings (SSSR count). The minimum Gasteiger partial charge on any atom is -0.398 e. The maximum atomic E-state index is 6.56. The third-order valence-electron chi connectivity index (χ3n) is 5.07. The first-order valence-electron chi connectivity index (χ1n) is 8.75. The lowest BCUT2D eigenvalue weighted by molar-refractivity contribution is 1.29. The van der Waals surface area contributed by atoms with Crippen molar-refractivity contribution in [1.82, 2.24) is 0 Å². The molecule has 0 aromatic heterocycles. The number of nitrogens with two attached hydrogens (primary N) is 1. The molecule has 1 aliphatic heterocycles. The van der Waals surface area contributed by atoms with Gasteiger partial charge in [0.05, 0.1) is 0 Å². The fourth-order valence-corrected chi connectivity index (χ4v) is 8.36. The summed E-state index contributed by atoms with van der Waals surface area (Å²) in [5, 5.41) is 0. The number of nitrogen functional groups attached to an aromatic ring is 1. The van der Waals surface area contributed by atoms with Crippen LogP contribution in [0.3, 0.4) is 0 Å². The average molecular weight is 353 g/mol. The van der Waals surface area contributed by atoms with E-state index in [0.717, 1.165) is 5.69 Å². The van der Waals surface area contributed by atoms with E-state index < -0.39 is 10.0 Å². The van der Waals surface area contributed by atoms with Crippen molar-refractivity contribution in [2.75, 3.05) is 5.73 Å². The Morgan fingerprint density at radius 3 is 1.50 bits per heavy atom. The summed E-state index contributed by atoms with van der Waals surface area (Å²) < 4.78 is 0. The number of hydrogen-bond donors (Lipinski definition) is 1. The van der Waals surface area contributed by atoms with E-state index in [1.165, 1.54) is 30.7 Å². The monoisotopic (exact) mass is 353 g/mol. The fraction of sp³-hybridized carbons (Fsp3) is 0. The highest BCUT2D eigenvalue weighted by atomic mass is 32.3. The second-order valence-corrected chi connectivity index (χ2v) is 9.47. The van der Waals surface area contributed by atoms with Crippen LogP contribution >= 0.6 is 10.0 Å². The lowest BCUT2D eigenvalue weighted by Gasteiger charge is -2.39. The molecular formula is C24H19NS. The van der Waals surface area contributed by atoms with E-state index in [9.17, 15) is 0 Å². The van der Waals surface area contributed by atoms with Crippen LogP contribution in [0.4, 0.5) is 5.69 Å². The van der Waals surface area contributed by atoms with Gasteiger partial charge >= 0.3 is 0 Å². The Kier molecular flexibility index (Phi) is 3.41. The zero-order valence-corrected chi connectivity index (χ0v) is 15.1. The molecule has 0 atom stereocenters. The highest BCUT2D eigenvalue weighted by Gasteiger charge is 2.42. The summed E-state index contributed by atoms with van der Waals surface area (Å²) in [4.78, 5) is 5.31. The molecule has 0 spiro atoms. The van der Waals surface area contributed by atoms with Crippen molar-refractivity contribution in [3.05, 3.63) is 103 Å². The van der Waals surface area contributed by atoms with Gasteiger partial charge in [0.25, 0.3) is 0 Å². The summed E-state index contributed by atoms with van der Waals surface area (Å²) in [7, 11) is -1.59. The predicted molar refractivity (Wildman–Crippen MR) is 110 cm³/mol. The molecule has 0 saturated heterocycles. The molecule has 2 heteroatoms. The maximum absolute atomic E-state index is 6.56. The van der Waals surface area contributed by atoms with E-state index in [-0.39, 0.29) is 0 Å². The van der Waals surface area contributed by atoms with E-state index >= 15 is 0 Å². The molecule has 2 N–H and O–H groups in total. The van der Waals surface area contributed by atoms with Crippen LogP contribution in [0.15, 0.2) is 123 Å². The zero-order chi connectivity index (χ0) is 17.6. The average Bonchev–Trinajstić information content (AvgIpc) is 3.01. The Hall–Kier alpha value is -2.97. The van der Waals surface area contributed by atoms with Crippen LogP contribution < -0.4 is 5.73 Å². The van der Waals surface area contributed by atoms with Crippen molar-refractivity contribution in [3.8, 4) is 11.1 Å². The van der Waals surface area contributed by atoms with E-state index in [1.54, 1.807) is 0 Å². The van der Waals surface area contributed by atoms with Crippen LogP contribution in [0.2, 0.25) is 0 Å². The van der Waals surface area contributed by atoms with Crippen LogP contribution in [0, 0.1) is 0 Å². The lowest BCUT2D eigenvalue weighted by atomic mass is 10.1. The van der Waals surface area contributed by atoms with Gasteiger partial charge in [-0.1, -0.05) is 66.7 Å². The first kappa shape index (κ1) is 15.3. The molecule has 126 valence electrons. The zero-order valence-electron chi connectivity index (χ0n) is 14.3. The highest BCUT2D eigenvalue weighted by molar-refractivity contribution is 8.34. The molecule has 0 saturated carbocycles. The van der Waals surface area contributed by atoms with Crippen LogP contribution in [0.1, 0.15) is 0 Å². The molecule has 4 aromatic rings. The van der Waals surface area contributed by atoms with Gasteiger partial charge in [0.15, 0.2) is 0 Å². The molecule has 1 heterocycles. The van der Waals surface area contributed by atoms with Crippen molar-refractivity contribution in [3.63, 3.8) is 0 Å².